The quantitative estimate of drug-likeness (QED) is 0.712. The van der Waals surface area contributed by atoms with Crippen molar-refractivity contribution in [2.24, 2.45) is 11.3 Å². The van der Waals surface area contributed by atoms with E-state index in [-0.39, 0.29) is 0 Å². The third kappa shape index (κ3) is 1.98. The number of nitrogens with one attached hydrogen (secondary N) is 1. The van der Waals surface area contributed by atoms with E-state index in [0.29, 0.717) is 5.41 Å². The highest BCUT2D eigenvalue weighted by Crippen LogP contribution is 2.49. The predicted molar refractivity (Wildman–Crippen MR) is 61.4 cm³/mol. The molecule has 2 aliphatic carbocycles. The number of rotatable bonds is 2. The van der Waals surface area contributed by atoms with Crippen LogP contribution in [0.1, 0.15) is 58.3 Å². The third-order valence-electron chi connectivity index (χ3n) is 4.78. The number of hydrogen-bond acceptors (Lipinski definition) is 1. The average Bonchev–Trinajstić information content (AvgIpc) is 2.63. The van der Waals surface area contributed by atoms with Crippen molar-refractivity contribution in [1.29, 1.82) is 0 Å². The maximum absolute atomic E-state index is 3.46. The molecule has 0 saturated heterocycles. The van der Waals surface area contributed by atoms with Crippen LogP contribution in [-0.2, 0) is 0 Å². The van der Waals surface area contributed by atoms with Gasteiger partial charge in [-0.25, -0.2) is 0 Å². The fourth-order valence-corrected chi connectivity index (χ4v) is 3.69. The minimum atomic E-state index is 0.675. The van der Waals surface area contributed by atoms with Crippen molar-refractivity contribution in [2.45, 2.75) is 64.3 Å². The highest BCUT2D eigenvalue weighted by molar-refractivity contribution is 4.93. The molecule has 0 amide bonds. The summed E-state index contributed by atoms with van der Waals surface area (Å²) in [7, 11) is 2.12. The van der Waals surface area contributed by atoms with Gasteiger partial charge in [0.25, 0.3) is 0 Å². The Hall–Kier alpha value is -0.0400. The lowest BCUT2D eigenvalue weighted by atomic mass is 9.69. The Balaban J connectivity index is 1.94. The lowest BCUT2D eigenvalue weighted by molar-refractivity contribution is 0.141. The van der Waals surface area contributed by atoms with E-state index in [1.165, 1.54) is 51.4 Å². The highest BCUT2D eigenvalue weighted by atomic mass is 14.9. The second kappa shape index (κ2) is 4.22. The molecule has 0 aromatic carbocycles. The van der Waals surface area contributed by atoms with E-state index >= 15 is 0 Å². The first kappa shape index (κ1) is 10.5. The molecule has 2 unspecified atom stereocenters. The molecule has 2 aliphatic rings. The molecule has 0 heterocycles. The summed E-state index contributed by atoms with van der Waals surface area (Å²) in [5, 5.41) is 3.46. The molecule has 1 heteroatoms. The molecule has 0 aromatic heterocycles. The Labute approximate surface area is 88.7 Å². The van der Waals surface area contributed by atoms with Gasteiger partial charge in [0, 0.05) is 6.04 Å². The van der Waals surface area contributed by atoms with Gasteiger partial charge in [0.15, 0.2) is 0 Å². The van der Waals surface area contributed by atoms with Gasteiger partial charge in [0.05, 0.1) is 0 Å². The van der Waals surface area contributed by atoms with E-state index in [1.54, 1.807) is 0 Å². The van der Waals surface area contributed by atoms with Crippen molar-refractivity contribution >= 4 is 0 Å². The van der Waals surface area contributed by atoms with Crippen molar-refractivity contribution in [1.82, 2.24) is 5.32 Å². The van der Waals surface area contributed by atoms with Crippen molar-refractivity contribution in [3.05, 3.63) is 0 Å². The molecule has 2 fully saturated rings. The lowest BCUT2D eigenvalue weighted by Crippen LogP contribution is -2.30. The van der Waals surface area contributed by atoms with E-state index in [2.05, 4.69) is 19.3 Å². The van der Waals surface area contributed by atoms with Gasteiger partial charge in [0.1, 0.15) is 0 Å². The fraction of sp³-hybridized carbons (Fsp3) is 1.00. The molecule has 0 bridgehead atoms. The van der Waals surface area contributed by atoms with Crippen molar-refractivity contribution in [3.63, 3.8) is 0 Å². The summed E-state index contributed by atoms with van der Waals surface area (Å²) in [6, 6.07) is 0.807. The zero-order valence-electron chi connectivity index (χ0n) is 9.81. The van der Waals surface area contributed by atoms with E-state index in [0.717, 1.165) is 12.0 Å². The van der Waals surface area contributed by atoms with Crippen LogP contribution in [0.3, 0.4) is 0 Å². The standard InChI is InChI=1S/C13H25N/c1-13(9-8-12(10-13)14-2)11-6-4-3-5-7-11/h11-12,14H,3-10H2,1-2H3. The van der Waals surface area contributed by atoms with Crippen molar-refractivity contribution < 1.29 is 0 Å². The summed E-state index contributed by atoms with van der Waals surface area (Å²) in [5.74, 6) is 1.04. The molecule has 0 aromatic rings. The molecule has 2 atom stereocenters. The molecular formula is C13H25N. The van der Waals surface area contributed by atoms with Gasteiger partial charge in [-0.2, -0.15) is 0 Å². The van der Waals surface area contributed by atoms with Crippen LogP contribution in [-0.4, -0.2) is 13.1 Å². The van der Waals surface area contributed by atoms with Crippen LogP contribution < -0.4 is 5.32 Å². The van der Waals surface area contributed by atoms with E-state index in [1.807, 2.05) is 0 Å². The van der Waals surface area contributed by atoms with Crippen molar-refractivity contribution in [3.8, 4) is 0 Å². The van der Waals surface area contributed by atoms with Crippen LogP contribution in [0.25, 0.3) is 0 Å². The molecule has 1 N–H and O–H groups in total. The fourth-order valence-electron chi connectivity index (χ4n) is 3.69. The predicted octanol–water partition coefficient (Wildman–Crippen LogP) is 3.34. The van der Waals surface area contributed by atoms with Gasteiger partial charge in [-0.05, 0) is 50.5 Å². The highest BCUT2D eigenvalue weighted by Gasteiger charge is 2.40. The maximum atomic E-state index is 3.46. The lowest BCUT2D eigenvalue weighted by Gasteiger charge is -2.37. The van der Waals surface area contributed by atoms with Gasteiger partial charge < -0.3 is 5.32 Å². The molecule has 1 nitrogen and oxygen atoms in total. The molecule has 0 radical (unpaired) electrons. The van der Waals surface area contributed by atoms with Gasteiger partial charge >= 0.3 is 0 Å². The van der Waals surface area contributed by atoms with E-state index < -0.39 is 0 Å². The topological polar surface area (TPSA) is 12.0 Å². The van der Waals surface area contributed by atoms with Crippen LogP contribution in [0.4, 0.5) is 0 Å². The molecular weight excluding hydrogens is 170 g/mol. The molecule has 0 aliphatic heterocycles. The van der Waals surface area contributed by atoms with Crippen LogP contribution >= 0.6 is 0 Å². The molecule has 2 rings (SSSR count). The van der Waals surface area contributed by atoms with Gasteiger partial charge in [-0.15, -0.1) is 0 Å². The zero-order chi connectivity index (χ0) is 10.0. The Morgan fingerprint density at radius 2 is 1.79 bits per heavy atom. The minimum Gasteiger partial charge on any atom is -0.317 e. The normalized spacial score (nSPS) is 40.3. The average molecular weight is 195 g/mol. The van der Waals surface area contributed by atoms with Crippen LogP contribution in [0.5, 0.6) is 0 Å². The van der Waals surface area contributed by atoms with Crippen LogP contribution in [0, 0.1) is 11.3 Å². The van der Waals surface area contributed by atoms with E-state index in [4.69, 9.17) is 0 Å². The van der Waals surface area contributed by atoms with Gasteiger partial charge in [-0.1, -0.05) is 26.2 Å². The minimum absolute atomic E-state index is 0.675. The summed E-state index contributed by atoms with van der Waals surface area (Å²) in [4.78, 5) is 0. The first-order valence-corrected chi connectivity index (χ1v) is 6.42. The molecule has 14 heavy (non-hydrogen) atoms. The van der Waals surface area contributed by atoms with Crippen LogP contribution in [0.15, 0.2) is 0 Å². The third-order valence-corrected chi connectivity index (χ3v) is 4.78. The second-order valence-corrected chi connectivity index (χ2v) is 5.72. The van der Waals surface area contributed by atoms with Crippen molar-refractivity contribution in [2.75, 3.05) is 7.05 Å². The summed E-state index contributed by atoms with van der Waals surface area (Å²) in [6.45, 7) is 2.54. The van der Waals surface area contributed by atoms with Gasteiger partial charge in [-0.3, -0.25) is 0 Å². The summed E-state index contributed by atoms with van der Waals surface area (Å²) in [6.07, 6.45) is 11.8. The first-order chi connectivity index (χ1) is 6.74. The summed E-state index contributed by atoms with van der Waals surface area (Å²) in [5.41, 5.74) is 0.675. The Bertz CT molecular complexity index is 184. The Morgan fingerprint density at radius 3 is 2.36 bits per heavy atom. The zero-order valence-corrected chi connectivity index (χ0v) is 9.81. The van der Waals surface area contributed by atoms with Crippen LogP contribution in [0.2, 0.25) is 0 Å². The largest absolute Gasteiger partial charge is 0.317 e. The monoisotopic (exact) mass is 195 g/mol. The Kier molecular flexibility index (Phi) is 3.16. The smallest absolute Gasteiger partial charge is 0.00695 e. The molecule has 2 saturated carbocycles. The SMILES string of the molecule is CNC1CCC(C)(C2CCCCC2)C1. The Morgan fingerprint density at radius 1 is 1.07 bits per heavy atom. The van der Waals surface area contributed by atoms with Gasteiger partial charge in [0.2, 0.25) is 0 Å². The second-order valence-electron chi connectivity index (χ2n) is 5.72. The summed E-state index contributed by atoms with van der Waals surface area (Å²) >= 11 is 0. The molecule has 82 valence electrons. The number of hydrogen-bond donors (Lipinski definition) is 1. The summed E-state index contributed by atoms with van der Waals surface area (Å²) < 4.78 is 0. The van der Waals surface area contributed by atoms with E-state index in [9.17, 15) is 0 Å². The molecule has 0 spiro atoms. The maximum Gasteiger partial charge on any atom is 0.00695 e. The first-order valence-electron chi connectivity index (χ1n) is 6.42.